The van der Waals surface area contributed by atoms with Crippen LogP contribution in [0.25, 0.3) is 0 Å². The molecule has 3 rings (SSSR count). The van der Waals surface area contributed by atoms with Gasteiger partial charge in [-0.15, -0.1) is 0 Å². The summed E-state index contributed by atoms with van der Waals surface area (Å²) >= 11 is 0. The van der Waals surface area contributed by atoms with E-state index in [0.717, 1.165) is 24.1 Å². The molecule has 0 radical (unpaired) electrons. The van der Waals surface area contributed by atoms with Gasteiger partial charge in [-0.3, -0.25) is 4.90 Å². The maximum Gasteiger partial charge on any atom is 0.0681 e. The van der Waals surface area contributed by atoms with E-state index in [1.54, 1.807) is 0 Å². The summed E-state index contributed by atoms with van der Waals surface area (Å²) in [6, 6.07) is 9.14. The molecule has 2 atom stereocenters. The first-order valence-corrected chi connectivity index (χ1v) is 7.99. The van der Waals surface area contributed by atoms with Gasteiger partial charge < -0.3 is 10.4 Å². The minimum Gasteiger partial charge on any atom is -0.392 e. The fourth-order valence-electron chi connectivity index (χ4n) is 3.69. The van der Waals surface area contributed by atoms with E-state index < -0.39 is 0 Å². The number of aliphatic hydroxyl groups excluding tert-OH is 1. The molecule has 0 aromatic heterocycles. The molecule has 2 heterocycles. The van der Waals surface area contributed by atoms with Gasteiger partial charge in [-0.1, -0.05) is 24.3 Å². The van der Waals surface area contributed by atoms with E-state index in [0.29, 0.717) is 0 Å². The summed E-state index contributed by atoms with van der Waals surface area (Å²) < 4.78 is 0. The van der Waals surface area contributed by atoms with Gasteiger partial charge in [-0.05, 0) is 55.8 Å². The molecule has 0 bridgehead atoms. The standard InChI is InChI=1S/C17H26N2O/c20-13-15-7-5-14(6-8-15)11-19-10-2-3-16(12-19)17-4-1-9-18-17/h5-8,16-18,20H,1-4,9-13H2. The zero-order valence-electron chi connectivity index (χ0n) is 12.2. The normalized spacial score (nSPS) is 27.9. The second kappa shape index (κ2) is 6.70. The molecule has 0 aliphatic carbocycles. The van der Waals surface area contributed by atoms with Crippen LogP contribution in [0.2, 0.25) is 0 Å². The predicted octanol–water partition coefficient (Wildman–Crippen LogP) is 2.14. The van der Waals surface area contributed by atoms with Crippen LogP contribution in [0.15, 0.2) is 24.3 Å². The number of nitrogens with zero attached hydrogens (tertiary/aromatic N) is 1. The lowest BCUT2D eigenvalue weighted by Crippen LogP contribution is -2.43. The van der Waals surface area contributed by atoms with Gasteiger partial charge in [-0.2, -0.15) is 0 Å². The Hall–Kier alpha value is -0.900. The summed E-state index contributed by atoms with van der Waals surface area (Å²) in [4.78, 5) is 2.60. The van der Waals surface area contributed by atoms with E-state index in [4.69, 9.17) is 5.11 Å². The molecule has 1 aromatic carbocycles. The van der Waals surface area contributed by atoms with Crippen LogP contribution in [0, 0.1) is 5.92 Å². The average Bonchev–Trinajstić information content (AvgIpc) is 3.03. The van der Waals surface area contributed by atoms with Crippen molar-refractivity contribution in [3.05, 3.63) is 35.4 Å². The quantitative estimate of drug-likeness (QED) is 0.883. The van der Waals surface area contributed by atoms with Crippen LogP contribution in [0.4, 0.5) is 0 Å². The number of piperidine rings is 1. The van der Waals surface area contributed by atoms with Crippen LogP contribution in [0.3, 0.4) is 0 Å². The van der Waals surface area contributed by atoms with Gasteiger partial charge in [-0.25, -0.2) is 0 Å². The largest absolute Gasteiger partial charge is 0.392 e. The van der Waals surface area contributed by atoms with Crippen LogP contribution in [-0.4, -0.2) is 35.7 Å². The molecule has 2 N–H and O–H groups in total. The second-order valence-electron chi connectivity index (χ2n) is 6.31. The maximum atomic E-state index is 9.09. The topological polar surface area (TPSA) is 35.5 Å². The number of likely N-dealkylation sites (tertiary alicyclic amines) is 1. The van der Waals surface area contributed by atoms with Gasteiger partial charge in [0.1, 0.15) is 0 Å². The number of nitrogens with one attached hydrogen (secondary N) is 1. The van der Waals surface area contributed by atoms with E-state index in [1.165, 1.54) is 50.9 Å². The Balaban J connectivity index is 1.56. The third-order valence-corrected chi connectivity index (χ3v) is 4.82. The van der Waals surface area contributed by atoms with E-state index in [9.17, 15) is 0 Å². The van der Waals surface area contributed by atoms with Crippen molar-refractivity contribution < 1.29 is 5.11 Å². The molecule has 0 spiro atoms. The van der Waals surface area contributed by atoms with E-state index in [1.807, 2.05) is 12.1 Å². The minimum atomic E-state index is 0.138. The predicted molar refractivity (Wildman–Crippen MR) is 81.4 cm³/mol. The van der Waals surface area contributed by atoms with Crippen molar-refractivity contribution in [1.82, 2.24) is 10.2 Å². The number of benzene rings is 1. The minimum absolute atomic E-state index is 0.138. The molecule has 2 fully saturated rings. The van der Waals surface area contributed by atoms with Crippen LogP contribution in [-0.2, 0) is 13.2 Å². The summed E-state index contributed by atoms with van der Waals surface area (Å²) in [5.41, 5.74) is 2.36. The number of hydrogen-bond acceptors (Lipinski definition) is 3. The average molecular weight is 274 g/mol. The molecule has 110 valence electrons. The maximum absolute atomic E-state index is 9.09. The molecule has 2 saturated heterocycles. The van der Waals surface area contributed by atoms with Crippen LogP contribution >= 0.6 is 0 Å². The highest BCUT2D eigenvalue weighted by atomic mass is 16.3. The molecular weight excluding hydrogens is 248 g/mol. The third-order valence-electron chi connectivity index (χ3n) is 4.82. The monoisotopic (exact) mass is 274 g/mol. The Bertz CT molecular complexity index is 412. The molecule has 3 heteroatoms. The van der Waals surface area contributed by atoms with Crippen LogP contribution in [0.5, 0.6) is 0 Å². The Morgan fingerprint density at radius 1 is 1.10 bits per heavy atom. The van der Waals surface area contributed by atoms with Crippen molar-refractivity contribution in [1.29, 1.82) is 0 Å². The molecule has 2 unspecified atom stereocenters. The fraction of sp³-hybridized carbons (Fsp3) is 0.647. The Labute approximate surface area is 122 Å². The summed E-state index contributed by atoms with van der Waals surface area (Å²) in [7, 11) is 0. The first kappa shape index (κ1) is 14.1. The third kappa shape index (κ3) is 3.40. The van der Waals surface area contributed by atoms with Gasteiger partial charge in [0.05, 0.1) is 6.61 Å². The van der Waals surface area contributed by atoms with Crippen molar-refractivity contribution in [2.24, 2.45) is 5.92 Å². The number of rotatable bonds is 4. The van der Waals surface area contributed by atoms with Gasteiger partial charge in [0.2, 0.25) is 0 Å². The second-order valence-corrected chi connectivity index (χ2v) is 6.31. The Morgan fingerprint density at radius 2 is 1.90 bits per heavy atom. The summed E-state index contributed by atoms with van der Waals surface area (Å²) in [5.74, 6) is 0.836. The highest BCUT2D eigenvalue weighted by Crippen LogP contribution is 2.25. The van der Waals surface area contributed by atoms with Crippen molar-refractivity contribution >= 4 is 0 Å². The lowest BCUT2D eigenvalue weighted by atomic mass is 9.89. The molecule has 2 aliphatic rings. The van der Waals surface area contributed by atoms with E-state index in [2.05, 4.69) is 22.3 Å². The first-order valence-electron chi connectivity index (χ1n) is 7.99. The van der Waals surface area contributed by atoms with Gasteiger partial charge in [0.25, 0.3) is 0 Å². The Morgan fingerprint density at radius 3 is 2.60 bits per heavy atom. The van der Waals surface area contributed by atoms with Gasteiger partial charge in [0, 0.05) is 19.1 Å². The first-order chi connectivity index (χ1) is 9.85. The number of aliphatic hydroxyl groups is 1. The van der Waals surface area contributed by atoms with Crippen molar-refractivity contribution in [3.63, 3.8) is 0 Å². The summed E-state index contributed by atoms with van der Waals surface area (Å²) in [6.45, 7) is 4.86. The highest BCUT2D eigenvalue weighted by molar-refractivity contribution is 5.21. The summed E-state index contributed by atoms with van der Waals surface area (Å²) in [6.07, 6.45) is 5.43. The number of hydrogen-bond donors (Lipinski definition) is 2. The molecule has 1 aromatic rings. The van der Waals surface area contributed by atoms with Crippen molar-refractivity contribution in [2.75, 3.05) is 19.6 Å². The van der Waals surface area contributed by atoms with Crippen LogP contribution < -0.4 is 5.32 Å². The fourth-order valence-corrected chi connectivity index (χ4v) is 3.69. The van der Waals surface area contributed by atoms with E-state index in [-0.39, 0.29) is 6.61 Å². The molecule has 0 saturated carbocycles. The van der Waals surface area contributed by atoms with Crippen LogP contribution in [0.1, 0.15) is 36.8 Å². The van der Waals surface area contributed by atoms with Gasteiger partial charge in [0.15, 0.2) is 0 Å². The molecule has 3 nitrogen and oxygen atoms in total. The molecular formula is C17H26N2O. The lowest BCUT2D eigenvalue weighted by molar-refractivity contribution is 0.145. The zero-order chi connectivity index (χ0) is 13.8. The SMILES string of the molecule is OCc1ccc(CN2CCCC(C3CCCN3)C2)cc1. The highest BCUT2D eigenvalue weighted by Gasteiger charge is 2.28. The lowest BCUT2D eigenvalue weighted by Gasteiger charge is -2.35. The van der Waals surface area contributed by atoms with Crippen molar-refractivity contribution in [2.45, 2.75) is 44.9 Å². The molecule has 0 amide bonds. The van der Waals surface area contributed by atoms with Crippen molar-refractivity contribution in [3.8, 4) is 0 Å². The van der Waals surface area contributed by atoms with Gasteiger partial charge >= 0.3 is 0 Å². The Kier molecular flexibility index (Phi) is 4.71. The molecule has 20 heavy (non-hydrogen) atoms. The zero-order valence-corrected chi connectivity index (χ0v) is 12.2. The van der Waals surface area contributed by atoms with E-state index >= 15 is 0 Å². The smallest absolute Gasteiger partial charge is 0.0681 e. The summed E-state index contributed by atoms with van der Waals surface area (Å²) in [5, 5.41) is 12.8. The molecule has 2 aliphatic heterocycles.